The van der Waals surface area contributed by atoms with E-state index in [9.17, 15) is 4.79 Å². The molecule has 3 heteroatoms. The molecule has 0 aromatic heterocycles. The summed E-state index contributed by atoms with van der Waals surface area (Å²) in [5, 5.41) is 2.78. The Balaban J connectivity index is 1.71. The van der Waals surface area contributed by atoms with Gasteiger partial charge in [-0.15, -0.1) is 0 Å². The largest absolute Gasteiger partial charge is 0.359 e. The van der Waals surface area contributed by atoms with E-state index in [4.69, 9.17) is 0 Å². The van der Waals surface area contributed by atoms with Gasteiger partial charge in [0.05, 0.1) is 20.1 Å². The number of carbonyl (C=O) groups is 1. The van der Waals surface area contributed by atoms with Crippen LogP contribution in [0.15, 0.2) is 12.2 Å². The molecular formula is C16H29N2O+. The van der Waals surface area contributed by atoms with Gasteiger partial charge in [-0.25, -0.2) is 0 Å². The molecule has 2 fully saturated rings. The van der Waals surface area contributed by atoms with Gasteiger partial charge in [0.25, 0.3) is 0 Å². The number of quaternary nitrogens is 1. The van der Waals surface area contributed by atoms with Gasteiger partial charge in [-0.2, -0.15) is 0 Å². The first-order valence-electron chi connectivity index (χ1n) is 7.90. The van der Waals surface area contributed by atoms with Crippen LogP contribution in [0.1, 0.15) is 38.5 Å². The third-order valence-electron chi connectivity index (χ3n) is 4.93. The van der Waals surface area contributed by atoms with Gasteiger partial charge >= 0.3 is 0 Å². The van der Waals surface area contributed by atoms with Crippen LogP contribution in [0.4, 0.5) is 0 Å². The number of carbonyl (C=O) groups excluding carboxylic acids is 1. The molecule has 0 spiro atoms. The standard InChI is InChI=1S/C16H28N2O/c1-17-16(19)15-7-5-13(6-8-15)3-4-14-9-11-18(2)12-10-14/h3-4,13-15H,5-12H2,1-2H3,(H,17,19)/p+1. The molecule has 0 radical (unpaired) electrons. The van der Waals surface area contributed by atoms with Crippen molar-refractivity contribution in [2.24, 2.45) is 17.8 Å². The highest BCUT2D eigenvalue weighted by molar-refractivity contribution is 5.78. The molecule has 1 saturated heterocycles. The lowest BCUT2D eigenvalue weighted by atomic mass is 9.81. The SMILES string of the molecule is CNC(=O)C1CCC(C=CC2CC[NH+](C)CC2)CC1. The van der Waals surface area contributed by atoms with Crippen LogP contribution in [-0.4, -0.2) is 33.1 Å². The van der Waals surface area contributed by atoms with E-state index in [0.717, 1.165) is 18.8 Å². The molecule has 1 aliphatic carbocycles. The number of rotatable bonds is 3. The summed E-state index contributed by atoms with van der Waals surface area (Å²) in [6, 6.07) is 0. The fraction of sp³-hybridized carbons (Fsp3) is 0.812. The van der Waals surface area contributed by atoms with Crippen LogP contribution in [0.2, 0.25) is 0 Å². The lowest BCUT2D eigenvalue weighted by Gasteiger charge is -2.27. The molecule has 1 heterocycles. The fourth-order valence-corrected chi connectivity index (χ4v) is 3.42. The average Bonchev–Trinajstić information content (AvgIpc) is 2.46. The monoisotopic (exact) mass is 265 g/mol. The molecule has 2 N–H and O–H groups in total. The van der Waals surface area contributed by atoms with Crippen molar-refractivity contribution in [1.82, 2.24) is 5.32 Å². The Labute approximate surface area is 117 Å². The van der Waals surface area contributed by atoms with E-state index in [2.05, 4.69) is 24.5 Å². The molecule has 1 saturated carbocycles. The summed E-state index contributed by atoms with van der Waals surface area (Å²) in [7, 11) is 4.04. The molecule has 0 aromatic carbocycles. The first-order chi connectivity index (χ1) is 9.19. The third kappa shape index (κ3) is 4.34. The highest BCUT2D eigenvalue weighted by Gasteiger charge is 2.24. The Morgan fingerprint density at radius 2 is 1.53 bits per heavy atom. The van der Waals surface area contributed by atoms with Crippen molar-refractivity contribution in [2.75, 3.05) is 27.2 Å². The topological polar surface area (TPSA) is 33.5 Å². The normalized spacial score (nSPS) is 36.3. The maximum Gasteiger partial charge on any atom is 0.222 e. The number of hydrogen-bond acceptors (Lipinski definition) is 1. The smallest absolute Gasteiger partial charge is 0.222 e. The summed E-state index contributed by atoms with van der Waals surface area (Å²) in [6.07, 6.45) is 12.1. The first kappa shape index (κ1) is 14.6. The van der Waals surface area contributed by atoms with E-state index in [-0.39, 0.29) is 11.8 Å². The fourth-order valence-electron chi connectivity index (χ4n) is 3.42. The maximum absolute atomic E-state index is 11.6. The Bertz CT molecular complexity index is 311. The minimum absolute atomic E-state index is 0.237. The van der Waals surface area contributed by atoms with E-state index < -0.39 is 0 Å². The van der Waals surface area contributed by atoms with Gasteiger partial charge < -0.3 is 10.2 Å². The van der Waals surface area contributed by atoms with E-state index in [0.29, 0.717) is 5.92 Å². The highest BCUT2D eigenvalue weighted by Crippen LogP contribution is 2.30. The van der Waals surface area contributed by atoms with E-state index in [1.807, 2.05) is 0 Å². The van der Waals surface area contributed by atoms with Crippen molar-refractivity contribution in [2.45, 2.75) is 38.5 Å². The Morgan fingerprint density at radius 3 is 2.05 bits per heavy atom. The third-order valence-corrected chi connectivity index (χ3v) is 4.93. The van der Waals surface area contributed by atoms with Gasteiger partial charge in [0.15, 0.2) is 0 Å². The van der Waals surface area contributed by atoms with Crippen molar-refractivity contribution < 1.29 is 9.69 Å². The number of amides is 1. The van der Waals surface area contributed by atoms with Gasteiger partial charge in [0.2, 0.25) is 5.91 Å². The zero-order chi connectivity index (χ0) is 13.7. The van der Waals surface area contributed by atoms with E-state index in [1.165, 1.54) is 38.8 Å². The van der Waals surface area contributed by atoms with Crippen LogP contribution >= 0.6 is 0 Å². The summed E-state index contributed by atoms with van der Waals surface area (Å²) in [5.41, 5.74) is 0. The van der Waals surface area contributed by atoms with Gasteiger partial charge in [-0.1, -0.05) is 12.2 Å². The van der Waals surface area contributed by atoms with Crippen LogP contribution in [0.3, 0.4) is 0 Å². The van der Waals surface area contributed by atoms with Crippen LogP contribution in [0, 0.1) is 17.8 Å². The summed E-state index contributed by atoms with van der Waals surface area (Å²) in [4.78, 5) is 13.3. The van der Waals surface area contributed by atoms with Gasteiger partial charge in [-0.05, 0) is 37.5 Å². The molecule has 108 valence electrons. The van der Waals surface area contributed by atoms with Crippen molar-refractivity contribution in [3.63, 3.8) is 0 Å². The predicted octanol–water partition coefficient (Wildman–Crippen LogP) is 1.02. The molecule has 0 unspecified atom stereocenters. The molecule has 2 aliphatic rings. The second kappa shape index (κ2) is 7.09. The molecule has 0 aromatic rings. The average molecular weight is 265 g/mol. The van der Waals surface area contributed by atoms with Crippen molar-refractivity contribution >= 4 is 5.91 Å². The quantitative estimate of drug-likeness (QED) is 0.734. The minimum Gasteiger partial charge on any atom is -0.359 e. The predicted molar refractivity (Wildman–Crippen MR) is 78.0 cm³/mol. The van der Waals surface area contributed by atoms with Crippen LogP contribution in [0.5, 0.6) is 0 Å². The Hall–Kier alpha value is -0.830. The number of likely N-dealkylation sites (tertiary alicyclic amines) is 1. The van der Waals surface area contributed by atoms with Gasteiger partial charge in [0.1, 0.15) is 0 Å². The first-order valence-corrected chi connectivity index (χ1v) is 7.90. The van der Waals surface area contributed by atoms with Crippen LogP contribution in [0.25, 0.3) is 0 Å². The molecule has 1 aliphatic heterocycles. The lowest BCUT2D eigenvalue weighted by Crippen LogP contribution is -3.10. The molecule has 19 heavy (non-hydrogen) atoms. The molecule has 2 rings (SSSR count). The Morgan fingerprint density at radius 1 is 1.00 bits per heavy atom. The number of allylic oxidation sites excluding steroid dienone is 2. The second-order valence-electron chi connectivity index (χ2n) is 6.41. The number of hydrogen-bond donors (Lipinski definition) is 2. The molecule has 3 nitrogen and oxygen atoms in total. The zero-order valence-corrected chi connectivity index (χ0v) is 12.5. The van der Waals surface area contributed by atoms with E-state index >= 15 is 0 Å². The maximum atomic E-state index is 11.6. The Kier molecular flexibility index (Phi) is 5.44. The van der Waals surface area contributed by atoms with Gasteiger partial charge in [-0.3, -0.25) is 4.79 Å². The summed E-state index contributed by atoms with van der Waals surface area (Å²) >= 11 is 0. The van der Waals surface area contributed by atoms with Crippen LogP contribution in [-0.2, 0) is 4.79 Å². The van der Waals surface area contributed by atoms with E-state index in [1.54, 1.807) is 11.9 Å². The zero-order valence-electron chi connectivity index (χ0n) is 12.5. The van der Waals surface area contributed by atoms with Crippen LogP contribution < -0.4 is 10.2 Å². The minimum atomic E-state index is 0.237. The second-order valence-corrected chi connectivity index (χ2v) is 6.41. The summed E-state index contributed by atoms with van der Waals surface area (Å²) in [6.45, 7) is 2.64. The van der Waals surface area contributed by atoms with Crippen molar-refractivity contribution in [1.29, 1.82) is 0 Å². The highest BCUT2D eigenvalue weighted by atomic mass is 16.1. The summed E-state index contributed by atoms with van der Waals surface area (Å²) < 4.78 is 0. The van der Waals surface area contributed by atoms with Crippen molar-refractivity contribution in [3.05, 3.63) is 12.2 Å². The molecular weight excluding hydrogens is 236 g/mol. The molecule has 0 bridgehead atoms. The summed E-state index contributed by atoms with van der Waals surface area (Å²) in [5.74, 6) is 2.02. The molecule has 0 atom stereocenters. The number of piperidine rings is 1. The van der Waals surface area contributed by atoms with Gasteiger partial charge in [0, 0.05) is 25.8 Å². The molecule has 1 amide bonds. The lowest BCUT2D eigenvalue weighted by molar-refractivity contribution is -0.885. The van der Waals surface area contributed by atoms with Crippen molar-refractivity contribution in [3.8, 4) is 0 Å². The number of nitrogens with one attached hydrogen (secondary N) is 2.